The van der Waals surface area contributed by atoms with Crippen molar-refractivity contribution in [2.24, 2.45) is 16.7 Å². The summed E-state index contributed by atoms with van der Waals surface area (Å²) < 4.78 is 0. The molecule has 0 aliphatic rings. The van der Waals surface area contributed by atoms with Gasteiger partial charge in [0.2, 0.25) is 0 Å². The van der Waals surface area contributed by atoms with Crippen molar-refractivity contribution in [3.8, 4) is 0 Å². The van der Waals surface area contributed by atoms with Crippen LogP contribution in [-0.4, -0.2) is 0 Å². The first-order chi connectivity index (χ1) is 18.6. The molecule has 38 heavy (non-hydrogen) atoms. The van der Waals surface area contributed by atoms with Crippen molar-refractivity contribution in [1.82, 2.24) is 0 Å². The first-order valence-corrected chi connectivity index (χ1v) is 18.6. The zero-order valence-corrected chi connectivity index (χ0v) is 28.4. The molecule has 0 amide bonds. The van der Waals surface area contributed by atoms with Crippen LogP contribution in [0.5, 0.6) is 0 Å². The molecule has 0 N–H and O–H groups in total. The van der Waals surface area contributed by atoms with Crippen LogP contribution < -0.4 is 0 Å². The highest BCUT2D eigenvalue weighted by atomic mass is 14.6. The molecule has 0 radical (unpaired) electrons. The fourth-order valence-corrected chi connectivity index (χ4v) is 8.75. The molecule has 0 aromatic rings. The van der Waals surface area contributed by atoms with E-state index in [1.165, 1.54) is 180 Å². The molecule has 0 rings (SSSR count). The molecule has 0 saturated heterocycles. The van der Waals surface area contributed by atoms with E-state index in [0.29, 0.717) is 10.8 Å². The molecular formula is C38H78. The third kappa shape index (κ3) is 14.6. The summed E-state index contributed by atoms with van der Waals surface area (Å²) in [5.41, 5.74) is 1.15. The van der Waals surface area contributed by atoms with Crippen LogP contribution in [0.1, 0.15) is 228 Å². The van der Waals surface area contributed by atoms with Crippen molar-refractivity contribution >= 4 is 0 Å². The van der Waals surface area contributed by atoms with E-state index in [1.54, 1.807) is 0 Å². The van der Waals surface area contributed by atoms with E-state index in [9.17, 15) is 0 Å². The Labute approximate surface area is 244 Å². The molecule has 0 nitrogen and oxygen atoms in total. The maximum Gasteiger partial charge on any atom is -0.0213 e. The van der Waals surface area contributed by atoms with Crippen molar-refractivity contribution in [1.29, 1.82) is 0 Å². The van der Waals surface area contributed by atoms with E-state index >= 15 is 0 Å². The summed E-state index contributed by atoms with van der Waals surface area (Å²) in [6.07, 6.45) is 40.6. The second kappa shape index (κ2) is 25.9. The minimum Gasteiger partial charge on any atom is -0.0654 e. The van der Waals surface area contributed by atoms with Gasteiger partial charge < -0.3 is 0 Å². The van der Waals surface area contributed by atoms with Gasteiger partial charge in [-0.2, -0.15) is 0 Å². The van der Waals surface area contributed by atoms with Crippen molar-refractivity contribution in [2.75, 3.05) is 0 Å². The minimum absolute atomic E-state index is 0.574. The monoisotopic (exact) mass is 535 g/mol. The summed E-state index contributed by atoms with van der Waals surface area (Å²) in [6, 6.07) is 0. The Balaban J connectivity index is 4.78. The van der Waals surface area contributed by atoms with E-state index in [1.807, 2.05) is 0 Å². The SMILES string of the molecule is CCCCCCCCCCCCCCCCCC(CCC)C(CCC)(CCC)C(CCC)(CCC)CCC. The van der Waals surface area contributed by atoms with Gasteiger partial charge in [-0.1, -0.05) is 190 Å². The fourth-order valence-electron chi connectivity index (χ4n) is 8.75. The third-order valence-electron chi connectivity index (χ3n) is 10.2. The molecular weight excluding hydrogens is 456 g/mol. The molecule has 0 bridgehead atoms. The fraction of sp³-hybridized carbons (Fsp3) is 1.00. The smallest absolute Gasteiger partial charge is 0.0213 e. The maximum absolute atomic E-state index is 2.48. The lowest BCUT2D eigenvalue weighted by molar-refractivity contribution is -0.0707. The highest BCUT2D eigenvalue weighted by Crippen LogP contribution is 2.61. The predicted octanol–water partition coefficient (Wildman–Crippen LogP) is 14.6. The van der Waals surface area contributed by atoms with Crippen LogP contribution in [0.4, 0.5) is 0 Å². The van der Waals surface area contributed by atoms with Gasteiger partial charge in [0.15, 0.2) is 0 Å². The second-order valence-corrected chi connectivity index (χ2v) is 13.4. The molecule has 1 unspecified atom stereocenters. The lowest BCUT2D eigenvalue weighted by Gasteiger charge is -2.57. The number of unbranched alkanes of at least 4 members (excludes halogenated alkanes) is 14. The van der Waals surface area contributed by atoms with E-state index < -0.39 is 0 Å². The van der Waals surface area contributed by atoms with Crippen LogP contribution in [0.25, 0.3) is 0 Å². The van der Waals surface area contributed by atoms with Crippen LogP contribution in [0, 0.1) is 16.7 Å². The summed E-state index contributed by atoms with van der Waals surface area (Å²) in [7, 11) is 0. The van der Waals surface area contributed by atoms with E-state index in [0.717, 1.165) is 5.92 Å². The third-order valence-corrected chi connectivity index (χ3v) is 10.2. The van der Waals surface area contributed by atoms with Crippen LogP contribution in [0.2, 0.25) is 0 Å². The lowest BCUT2D eigenvalue weighted by Crippen LogP contribution is -2.47. The van der Waals surface area contributed by atoms with E-state index in [2.05, 4.69) is 48.5 Å². The van der Waals surface area contributed by atoms with Gasteiger partial charge in [0.1, 0.15) is 0 Å². The first kappa shape index (κ1) is 38.0. The topological polar surface area (TPSA) is 0 Å². The van der Waals surface area contributed by atoms with Gasteiger partial charge >= 0.3 is 0 Å². The molecule has 0 spiro atoms. The van der Waals surface area contributed by atoms with Crippen LogP contribution in [0.15, 0.2) is 0 Å². The normalized spacial score (nSPS) is 13.3. The summed E-state index contributed by atoms with van der Waals surface area (Å²) >= 11 is 0. The van der Waals surface area contributed by atoms with E-state index in [4.69, 9.17) is 0 Å². The van der Waals surface area contributed by atoms with Gasteiger partial charge in [-0.15, -0.1) is 0 Å². The van der Waals surface area contributed by atoms with Gasteiger partial charge in [0.05, 0.1) is 0 Å². The van der Waals surface area contributed by atoms with Crippen LogP contribution in [0.3, 0.4) is 0 Å². The Bertz CT molecular complexity index is 440. The highest BCUT2D eigenvalue weighted by Gasteiger charge is 2.51. The summed E-state index contributed by atoms with van der Waals surface area (Å²) in [6.45, 7) is 17.1. The summed E-state index contributed by atoms with van der Waals surface area (Å²) in [4.78, 5) is 0. The molecule has 0 aromatic heterocycles. The Morgan fingerprint density at radius 3 is 0.974 bits per heavy atom. The molecule has 0 aliphatic carbocycles. The molecule has 0 aliphatic heterocycles. The molecule has 230 valence electrons. The van der Waals surface area contributed by atoms with Gasteiger partial charge in [0, 0.05) is 0 Å². The second-order valence-electron chi connectivity index (χ2n) is 13.4. The van der Waals surface area contributed by atoms with Crippen molar-refractivity contribution in [3.63, 3.8) is 0 Å². The van der Waals surface area contributed by atoms with E-state index in [-0.39, 0.29) is 0 Å². The Morgan fingerprint density at radius 1 is 0.316 bits per heavy atom. The minimum atomic E-state index is 0.574. The number of rotatable bonds is 30. The Hall–Kier alpha value is 0. The Morgan fingerprint density at radius 2 is 0.658 bits per heavy atom. The summed E-state index contributed by atoms with van der Waals surface area (Å²) in [5, 5.41) is 0. The lowest BCUT2D eigenvalue weighted by atomic mass is 9.48. The van der Waals surface area contributed by atoms with Crippen LogP contribution >= 0.6 is 0 Å². The van der Waals surface area contributed by atoms with Crippen LogP contribution in [-0.2, 0) is 0 Å². The molecule has 0 fully saturated rings. The quantitative estimate of drug-likeness (QED) is 0.0803. The maximum atomic E-state index is 2.48. The van der Waals surface area contributed by atoms with Gasteiger partial charge in [-0.25, -0.2) is 0 Å². The number of hydrogen-bond donors (Lipinski definition) is 0. The molecule has 0 saturated carbocycles. The van der Waals surface area contributed by atoms with Crippen molar-refractivity contribution in [3.05, 3.63) is 0 Å². The highest BCUT2D eigenvalue weighted by molar-refractivity contribution is 5.01. The summed E-state index contributed by atoms with van der Waals surface area (Å²) in [5.74, 6) is 0.944. The first-order valence-electron chi connectivity index (χ1n) is 18.6. The molecule has 1 atom stereocenters. The molecule has 0 heterocycles. The van der Waals surface area contributed by atoms with Gasteiger partial charge in [-0.3, -0.25) is 0 Å². The van der Waals surface area contributed by atoms with Crippen molar-refractivity contribution < 1.29 is 0 Å². The number of hydrogen-bond acceptors (Lipinski definition) is 0. The zero-order chi connectivity index (χ0) is 28.4. The standard InChI is InChI=1S/C38H78/c1-8-15-16-17-18-19-20-21-22-23-24-25-26-27-28-30-36(29-9-2)38(34-13-6,35-14-7)37(31-10-3,32-11-4)33-12-5/h36H,8-35H2,1-7H3. The van der Waals surface area contributed by atoms with Crippen molar-refractivity contribution in [2.45, 2.75) is 228 Å². The molecule has 0 heteroatoms. The molecule has 0 aromatic carbocycles. The average Bonchev–Trinajstić information content (AvgIpc) is 2.90. The average molecular weight is 535 g/mol. The zero-order valence-electron chi connectivity index (χ0n) is 28.4. The Kier molecular flexibility index (Phi) is 25.9. The predicted molar refractivity (Wildman–Crippen MR) is 177 cm³/mol. The van der Waals surface area contributed by atoms with Gasteiger partial charge in [-0.05, 0) is 55.3 Å². The largest absolute Gasteiger partial charge is 0.0654 e. The van der Waals surface area contributed by atoms with Gasteiger partial charge in [0.25, 0.3) is 0 Å².